The minimum Gasteiger partial charge on any atom is -0.460 e. The summed E-state index contributed by atoms with van der Waals surface area (Å²) in [7, 11) is 0. The molecule has 21 heavy (non-hydrogen) atoms. The van der Waals surface area contributed by atoms with Crippen LogP contribution in [0.15, 0.2) is 40.9 Å². The molecule has 108 valence electrons. The number of aryl methyl sites for hydroxylation is 2. The van der Waals surface area contributed by atoms with Gasteiger partial charge in [-0.2, -0.15) is 5.10 Å². The van der Waals surface area contributed by atoms with Crippen molar-refractivity contribution in [3.05, 3.63) is 58.4 Å². The molecule has 2 N–H and O–H groups in total. The molecular formula is C16H16ClN3O. The largest absolute Gasteiger partial charge is 0.460 e. The molecule has 4 nitrogen and oxygen atoms in total. The third kappa shape index (κ3) is 2.95. The normalized spacial score (nSPS) is 10.8. The van der Waals surface area contributed by atoms with Crippen molar-refractivity contribution >= 4 is 17.3 Å². The van der Waals surface area contributed by atoms with Gasteiger partial charge < -0.3 is 9.73 Å². The number of nitrogens with one attached hydrogen (secondary N) is 2. The summed E-state index contributed by atoms with van der Waals surface area (Å²) in [4.78, 5) is 0. The van der Waals surface area contributed by atoms with E-state index in [1.807, 2.05) is 44.2 Å². The Hall–Kier alpha value is -2.20. The number of hydrogen-bond donors (Lipinski definition) is 2. The summed E-state index contributed by atoms with van der Waals surface area (Å²) in [6, 6.07) is 9.69. The molecule has 0 amide bonds. The van der Waals surface area contributed by atoms with Crippen molar-refractivity contribution in [1.82, 2.24) is 10.2 Å². The molecule has 5 heteroatoms. The molecule has 0 radical (unpaired) electrons. The van der Waals surface area contributed by atoms with Gasteiger partial charge in [-0.25, -0.2) is 0 Å². The van der Waals surface area contributed by atoms with Crippen LogP contribution in [0.3, 0.4) is 0 Å². The first-order chi connectivity index (χ1) is 10.1. The van der Waals surface area contributed by atoms with E-state index in [1.165, 1.54) is 0 Å². The molecule has 0 aliphatic heterocycles. The second kappa shape index (κ2) is 5.66. The van der Waals surface area contributed by atoms with Crippen molar-refractivity contribution in [1.29, 1.82) is 0 Å². The summed E-state index contributed by atoms with van der Waals surface area (Å²) in [5.41, 5.74) is 4.11. The van der Waals surface area contributed by atoms with Crippen LogP contribution in [0.25, 0.3) is 11.5 Å². The zero-order valence-electron chi connectivity index (χ0n) is 11.9. The first kappa shape index (κ1) is 13.8. The third-order valence-electron chi connectivity index (χ3n) is 3.37. The van der Waals surface area contributed by atoms with Gasteiger partial charge in [0, 0.05) is 22.8 Å². The van der Waals surface area contributed by atoms with E-state index < -0.39 is 0 Å². The topological polar surface area (TPSA) is 53.9 Å². The van der Waals surface area contributed by atoms with E-state index in [4.69, 9.17) is 16.0 Å². The number of benzene rings is 1. The average Bonchev–Trinajstić information content (AvgIpc) is 3.08. The van der Waals surface area contributed by atoms with Crippen LogP contribution in [-0.4, -0.2) is 10.2 Å². The summed E-state index contributed by atoms with van der Waals surface area (Å²) >= 11 is 6.03. The van der Waals surface area contributed by atoms with Gasteiger partial charge in [0.15, 0.2) is 5.76 Å². The number of aromatic nitrogens is 2. The second-order valence-corrected chi connectivity index (χ2v) is 5.43. The van der Waals surface area contributed by atoms with Crippen LogP contribution in [0.5, 0.6) is 0 Å². The van der Waals surface area contributed by atoms with Gasteiger partial charge >= 0.3 is 0 Å². The minimum atomic E-state index is 0.646. The Labute approximate surface area is 128 Å². The van der Waals surface area contributed by atoms with Gasteiger partial charge in [-0.15, -0.1) is 0 Å². The molecule has 0 saturated carbocycles. The van der Waals surface area contributed by atoms with E-state index in [9.17, 15) is 0 Å². The lowest BCUT2D eigenvalue weighted by molar-refractivity contribution is 0.545. The SMILES string of the molecule is Cc1ccc(-c2[nH]ncc2CNc2cc(Cl)ccc2C)o1. The Kier molecular flexibility index (Phi) is 3.71. The monoisotopic (exact) mass is 301 g/mol. The summed E-state index contributed by atoms with van der Waals surface area (Å²) < 4.78 is 5.64. The molecule has 0 unspecified atom stereocenters. The van der Waals surface area contributed by atoms with E-state index in [0.29, 0.717) is 6.54 Å². The quantitative estimate of drug-likeness (QED) is 0.743. The molecule has 3 aromatic rings. The van der Waals surface area contributed by atoms with Gasteiger partial charge in [-0.3, -0.25) is 5.10 Å². The summed E-state index contributed by atoms with van der Waals surface area (Å²) in [6.45, 7) is 4.62. The Balaban J connectivity index is 1.80. The zero-order chi connectivity index (χ0) is 14.8. The van der Waals surface area contributed by atoms with Crippen LogP contribution in [0.2, 0.25) is 5.02 Å². The lowest BCUT2D eigenvalue weighted by atomic mass is 10.1. The summed E-state index contributed by atoms with van der Waals surface area (Å²) in [6.07, 6.45) is 1.81. The Morgan fingerprint density at radius 1 is 1.24 bits per heavy atom. The second-order valence-electron chi connectivity index (χ2n) is 4.99. The number of anilines is 1. The molecule has 3 rings (SSSR count). The summed E-state index contributed by atoms with van der Waals surface area (Å²) in [5.74, 6) is 1.67. The van der Waals surface area contributed by atoms with Crippen LogP contribution < -0.4 is 5.32 Å². The van der Waals surface area contributed by atoms with E-state index in [-0.39, 0.29) is 0 Å². The van der Waals surface area contributed by atoms with Crippen LogP contribution in [0.1, 0.15) is 16.9 Å². The molecular weight excluding hydrogens is 286 g/mol. The average molecular weight is 302 g/mol. The number of halogens is 1. The molecule has 0 atom stereocenters. The van der Waals surface area contributed by atoms with Gasteiger partial charge in [0.05, 0.1) is 6.20 Å². The fraction of sp³-hybridized carbons (Fsp3) is 0.188. The number of hydrogen-bond acceptors (Lipinski definition) is 3. The standard InChI is InChI=1S/C16H16ClN3O/c1-10-3-5-13(17)7-14(10)18-8-12-9-19-20-16(12)15-6-4-11(2)21-15/h3-7,9,18H,8H2,1-2H3,(H,19,20). The highest BCUT2D eigenvalue weighted by Gasteiger charge is 2.11. The van der Waals surface area contributed by atoms with Crippen LogP contribution in [0, 0.1) is 13.8 Å². The van der Waals surface area contributed by atoms with Crippen molar-refractivity contribution in [2.45, 2.75) is 20.4 Å². The third-order valence-corrected chi connectivity index (χ3v) is 3.61. The number of aromatic amines is 1. The fourth-order valence-electron chi connectivity index (χ4n) is 2.20. The first-order valence-corrected chi connectivity index (χ1v) is 7.10. The highest BCUT2D eigenvalue weighted by molar-refractivity contribution is 6.30. The van der Waals surface area contributed by atoms with Crippen molar-refractivity contribution in [3.63, 3.8) is 0 Å². The number of furan rings is 1. The Morgan fingerprint density at radius 3 is 2.86 bits per heavy atom. The number of nitrogens with zero attached hydrogens (tertiary/aromatic N) is 1. The first-order valence-electron chi connectivity index (χ1n) is 6.72. The highest BCUT2D eigenvalue weighted by Crippen LogP contribution is 2.25. The maximum absolute atomic E-state index is 6.03. The minimum absolute atomic E-state index is 0.646. The molecule has 0 bridgehead atoms. The highest BCUT2D eigenvalue weighted by atomic mass is 35.5. The molecule has 0 saturated heterocycles. The van der Waals surface area contributed by atoms with Gasteiger partial charge in [0.25, 0.3) is 0 Å². The molecule has 0 aliphatic carbocycles. The predicted molar refractivity (Wildman–Crippen MR) is 84.5 cm³/mol. The number of H-pyrrole nitrogens is 1. The van der Waals surface area contributed by atoms with Crippen LogP contribution >= 0.6 is 11.6 Å². The van der Waals surface area contributed by atoms with Gasteiger partial charge in [0.2, 0.25) is 0 Å². The molecule has 1 aromatic carbocycles. The van der Waals surface area contributed by atoms with E-state index >= 15 is 0 Å². The van der Waals surface area contributed by atoms with Crippen LogP contribution in [-0.2, 0) is 6.54 Å². The van der Waals surface area contributed by atoms with E-state index in [1.54, 1.807) is 6.20 Å². The van der Waals surface area contributed by atoms with E-state index in [0.717, 1.165) is 39.1 Å². The van der Waals surface area contributed by atoms with Crippen molar-refractivity contribution in [2.24, 2.45) is 0 Å². The zero-order valence-corrected chi connectivity index (χ0v) is 12.7. The molecule has 0 aliphatic rings. The van der Waals surface area contributed by atoms with Gasteiger partial charge in [-0.1, -0.05) is 17.7 Å². The Morgan fingerprint density at radius 2 is 2.10 bits per heavy atom. The lowest BCUT2D eigenvalue weighted by Crippen LogP contribution is -2.01. The van der Waals surface area contributed by atoms with E-state index in [2.05, 4.69) is 15.5 Å². The molecule has 2 heterocycles. The predicted octanol–water partition coefficient (Wildman–Crippen LogP) is 4.55. The van der Waals surface area contributed by atoms with Crippen molar-refractivity contribution in [3.8, 4) is 11.5 Å². The maximum atomic E-state index is 6.03. The summed E-state index contributed by atoms with van der Waals surface area (Å²) in [5, 5.41) is 11.2. The fourth-order valence-corrected chi connectivity index (χ4v) is 2.37. The molecule has 0 spiro atoms. The lowest BCUT2D eigenvalue weighted by Gasteiger charge is -2.09. The van der Waals surface area contributed by atoms with Gasteiger partial charge in [-0.05, 0) is 43.7 Å². The Bertz CT molecular complexity index is 760. The van der Waals surface area contributed by atoms with Crippen LogP contribution in [0.4, 0.5) is 5.69 Å². The van der Waals surface area contributed by atoms with Crippen molar-refractivity contribution in [2.75, 3.05) is 5.32 Å². The van der Waals surface area contributed by atoms with Crippen molar-refractivity contribution < 1.29 is 4.42 Å². The molecule has 2 aromatic heterocycles. The molecule has 0 fully saturated rings. The smallest absolute Gasteiger partial charge is 0.152 e. The number of rotatable bonds is 4. The maximum Gasteiger partial charge on any atom is 0.152 e. The van der Waals surface area contributed by atoms with Gasteiger partial charge in [0.1, 0.15) is 11.5 Å².